The van der Waals surface area contributed by atoms with Crippen LogP contribution in [-0.4, -0.2) is 40.6 Å². The highest BCUT2D eigenvalue weighted by Crippen LogP contribution is 2.30. The third-order valence-corrected chi connectivity index (χ3v) is 6.56. The molecule has 136 valence electrons. The number of piperazine rings is 1. The zero-order chi connectivity index (χ0) is 18.2. The normalized spacial score (nSPS) is 16.1. The van der Waals surface area contributed by atoms with Gasteiger partial charge in [-0.25, -0.2) is 4.21 Å². The van der Waals surface area contributed by atoms with Crippen LogP contribution in [0, 0.1) is 0 Å². The Hall–Kier alpha value is -2.70. The molecule has 0 aliphatic carbocycles. The first kappa shape index (κ1) is 16.5. The third-order valence-electron chi connectivity index (χ3n) is 5.12. The first-order valence-corrected chi connectivity index (χ1v) is 10.3. The monoisotopic (exact) mass is 376 g/mol. The number of nitrogens with one attached hydrogen (secondary N) is 2. The lowest BCUT2D eigenvalue weighted by atomic mass is 10.1. The van der Waals surface area contributed by atoms with Crippen LogP contribution < -0.4 is 10.2 Å². The highest BCUT2D eigenvalue weighted by Gasteiger charge is 2.18. The molecule has 1 unspecified atom stereocenters. The van der Waals surface area contributed by atoms with E-state index in [4.69, 9.17) is 0 Å². The summed E-state index contributed by atoms with van der Waals surface area (Å²) in [5.74, 6) is 0. The van der Waals surface area contributed by atoms with Crippen molar-refractivity contribution in [2.24, 2.45) is 0 Å². The van der Waals surface area contributed by atoms with E-state index in [0.29, 0.717) is 5.03 Å². The van der Waals surface area contributed by atoms with Crippen LogP contribution in [0.3, 0.4) is 0 Å². The first-order chi connectivity index (χ1) is 13.3. The van der Waals surface area contributed by atoms with E-state index in [1.54, 1.807) is 0 Å². The predicted molar refractivity (Wildman–Crippen MR) is 110 cm³/mol. The Morgan fingerprint density at radius 1 is 0.926 bits per heavy atom. The summed E-state index contributed by atoms with van der Waals surface area (Å²) in [6.07, 6.45) is 0. The number of rotatable bonds is 3. The van der Waals surface area contributed by atoms with Gasteiger partial charge < -0.3 is 10.2 Å². The maximum Gasteiger partial charge on any atom is 0.135 e. The SMILES string of the molecule is O=S(c1cccc2ccccc12)c1[nH]nc2ccc(N3CCNCC3)cc12. The van der Waals surface area contributed by atoms with Gasteiger partial charge in [-0.2, -0.15) is 5.10 Å². The molecular weight excluding hydrogens is 356 g/mol. The van der Waals surface area contributed by atoms with E-state index in [0.717, 1.165) is 58.4 Å². The summed E-state index contributed by atoms with van der Waals surface area (Å²) in [5, 5.41) is 14.5. The highest BCUT2D eigenvalue weighted by atomic mass is 32.2. The molecule has 0 radical (unpaired) electrons. The summed E-state index contributed by atoms with van der Waals surface area (Å²) >= 11 is 0. The molecular formula is C21H20N4OS. The standard InChI is InChI=1S/C21H20N4OS/c26-27(20-7-3-5-15-4-1-2-6-17(15)20)21-18-14-16(8-9-19(18)23-24-21)25-12-10-22-11-13-25/h1-9,14,22H,10-13H2,(H,23,24). The lowest BCUT2D eigenvalue weighted by Gasteiger charge is -2.29. The van der Waals surface area contributed by atoms with Gasteiger partial charge in [0.05, 0.1) is 10.4 Å². The van der Waals surface area contributed by atoms with Crippen molar-refractivity contribution in [3.63, 3.8) is 0 Å². The minimum atomic E-state index is -1.33. The van der Waals surface area contributed by atoms with Crippen LogP contribution in [0.25, 0.3) is 21.7 Å². The van der Waals surface area contributed by atoms with Crippen LogP contribution >= 0.6 is 0 Å². The fourth-order valence-corrected chi connectivity index (χ4v) is 5.00. The van der Waals surface area contributed by atoms with E-state index < -0.39 is 10.8 Å². The molecule has 6 heteroatoms. The summed E-state index contributed by atoms with van der Waals surface area (Å²) in [4.78, 5) is 3.17. The van der Waals surface area contributed by atoms with Crippen molar-refractivity contribution in [2.45, 2.75) is 9.92 Å². The number of fused-ring (bicyclic) bond motifs is 2. The number of aromatic nitrogens is 2. The highest BCUT2D eigenvalue weighted by molar-refractivity contribution is 7.85. The molecule has 0 saturated carbocycles. The van der Waals surface area contributed by atoms with Crippen molar-refractivity contribution < 1.29 is 4.21 Å². The molecule has 2 N–H and O–H groups in total. The van der Waals surface area contributed by atoms with Gasteiger partial charge in [0, 0.05) is 37.3 Å². The second-order valence-electron chi connectivity index (χ2n) is 6.74. The van der Waals surface area contributed by atoms with E-state index in [1.807, 2.05) is 48.5 Å². The Morgan fingerprint density at radius 2 is 1.74 bits per heavy atom. The summed E-state index contributed by atoms with van der Waals surface area (Å²) in [6.45, 7) is 3.92. The Labute approximate surface area is 159 Å². The maximum atomic E-state index is 13.4. The fraction of sp³-hybridized carbons (Fsp3) is 0.190. The lowest BCUT2D eigenvalue weighted by Crippen LogP contribution is -2.43. The van der Waals surface area contributed by atoms with E-state index in [9.17, 15) is 4.21 Å². The van der Waals surface area contributed by atoms with Crippen LogP contribution in [-0.2, 0) is 10.8 Å². The topological polar surface area (TPSA) is 61.0 Å². The largest absolute Gasteiger partial charge is 0.369 e. The van der Waals surface area contributed by atoms with E-state index in [-0.39, 0.29) is 0 Å². The van der Waals surface area contributed by atoms with Crippen LogP contribution in [0.1, 0.15) is 0 Å². The average Bonchev–Trinajstić information content (AvgIpc) is 3.17. The summed E-state index contributed by atoms with van der Waals surface area (Å²) in [5.41, 5.74) is 2.00. The van der Waals surface area contributed by atoms with Gasteiger partial charge >= 0.3 is 0 Å². The molecule has 1 fully saturated rings. The average molecular weight is 376 g/mol. The Bertz CT molecular complexity index is 1140. The zero-order valence-corrected chi connectivity index (χ0v) is 15.6. The van der Waals surface area contributed by atoms with Crippen molar-refractivity contribution in [3.05, 3.63) is 60.7 Å². The molecule has 5 nitrogen and oxygen atoms in total. The van der Waals surface area contributed by atoms with Gasteiger partial charge in [0.15, 0.2) is 0 Å². The fourth-order valence-electron chi connectivity index (χ4n) is 3.70. The molecule has 27 heavy (non-hydrogen) atoms. The molecule has 1 aromatic heterocycles. The molecule has 2 heterocycles. The van der Waals surface area contributed by atoms with Crippen LogP contribution in [0.5, 0.6) is 0 Å². The molecule has 1 aliphatic rings. The first-order valence-electron chi connectivity index (χ1n) is 9.14. The maximum absolute atomic E-state index is 13.4. The molecule has 0 amide bonds. The predicted octanol–water partition coefficient (Wildman–Crippen LogP) is 3.29. The van der Waals surface area contributed by atoms with Crippen LogP contribution in [0.15, 0.2) is 70.6 Å². The van der Waals surface area contributed by atoms with Crippen LogP contribution in [0.4, 0.5) is 5.69 Å². The van der Waals surface area contributed by atoms with Crippen molar-refractivity contribution in [1.29, 1.82) is 0 Å². The van der Waals surface area contributed by atoms with E-state index in [2.05, 4.69) is 32.5 Å². The number of benzene rings is 3. The molecule has 0 bridgehead atoms. The van der Waals surface area contributed by atoms with Crippen molar-refractivity contribution in [3.8, 4) is 0 Å². The molecule has 5 rings (SSSR count). The lowest BCUT2D eigenvalue weighted by molar-refractivity contribution is 0.589. The Balaban J connectivity index is 1.60. The molecule has 3 aromatic carbocycles. The van der Waals surface area contributed by atoms with E-state index >= 15 is 0 Å². The second-order valence-corrected chi connectivity index (χ2v) is 8.12. The summed E-state index contributed by atoms with van der Waals surface area (Å²) < 4.78 is 13.4. The molecule has 1 atom stereocenters. The van der Waals surface area contributed by atoms with Gasteiger partial charge in [0.25, 0.3) is 0 Å². The smallest absolute Gasteiger partial charge is 0.135 e. The minimum Gasteiger partial charge on any atom is -0.369 e. The van der Waals surface area contributed by atoms with Gasteiger partial charge in [0.1, 0.15) is 15.8 Å². The third kappa shape index (κ3) is 2.91. The second kappa shape index (κ2) is 6.79. The Kier molecular flexibility index (Phi) is 4.14. The summed E-state index contributed by atoms with van der Waals surface area (Å²) in [6, 6.07) is 20.2. The molecule has 4 aromatic rings. The Morgan fingerprint density at radius 3 is 2.63 bits per heavy atom. The van der Waals surface area contributed by atoms with Crippen molar-refractivity contribution in [2.75, 3.05) is 31.1 Å². The van der Waals surface area contributed by atoms with Gasteiger partial charge in [0.2, 0.25) is 0 Å². The quantitative estimate of drug-likeness (QED) is 0.576. The summed E-state index contributed by atoms with van der Waals surface area (Å²) in [7, 11) is -1.33. The van der Waals surface area contributed by atoms with Crippen LogP contribution in [0.2, 0.25) is 0 Å². The van der Waals surface area contributed by atoms with Crippen molar-refractivity contribution >= 4 is 38.2 Å². The molecule has 1 aliphatic heterocycles. The van der Waals surface area contributed by atoms with Gasteiger partial charge in [-0.3, -0.25) is 5.10 Å². The number of anilines is 1. The number of H-pyrrole nitrogens is 1. The number of hydrogen-bond acceptors (Lipinski definition) is 4. The molecule has 1 saturated heterocycles. The number of nitrogens with zero attached hydrogens (tertiary/aromatic N) is 2. The minimum absolute atomic E-state index is 0.665. The number of hydrogen-bond donors (Lipinski definition) is 2. The van der Waals surface area contributed by atoms with Gasteiger partial charge in [-0.15, -0.1) is 0 Å². The van der Waals surface area contributed by atoms with Gasteiger partial charge in [-0.1, -0.05) is 36.4 Å². The van der Waals surface area contributed by atoms with Gasteiger partial charge in [-0.05, 0) is 35.0 Å². The number of aromatic amines is 1. The van der Waals surface area contributed by atoms with Crippen molar-refractivity contribution in [1.82, 2.24) is 15.5 Å². The zero-order valence-electron chi connectivity index (χ0n) is 14.8. The molecule has 0 spiro atoms. The van der Waals surface area contributed by atoms with E-state index in [1.165, 1.54) is 0 Å².